The second-order valence-electron chi connectivity index (χ2n) is 7.89. The lowest BCUT2D eigenvalue weighted by Crippen LogP contribution is -2.30. The number of halogens is 1. The van der Waals surface area contributed by atoms with Crippen LogP contribution in [0.1, 0.15) is 24.1 Å². The van der Waals surface area contributed by atoms with Gasteiger partial charge in [-0.2, -0.15) is 0 Å². The molecule has 3 aromatic rings. The van der Waals surface area contributed by atoms with Crippen LogP contribution in [0.25, 0.3) is 6.08 Å². The normalized spacial score (nSPS) is 15.2. The van der Waals surface area contributed by atoms with E-state index in [1.54, 1.807) is 29.2 Å². The molecule has 0 aromatic heterocycles. The summed E-state index contributed by atoms with van der Waals surface area (Å²) in [6, 6.07) is 20.2. The van der Waals surface area contributed by atoms with Crippen LogP contribution in [0.5, 0.6) is 11.5 Å². The largest absolute Gasteiger partial charge is 0.493 e. The molecule has 9 heteroatoms. The molecule has 0 spiro atoms. The lowest BCUT2D eigenvalue weighted by molar-refractivity contribution is -0.123. The van der Waals surface area contributed by atoms with E-state index < -0.39 is 5.91 Å². The molecule has 36 heavy (non-hydrogen) atoms. The number of nitrogens with zero attached hydrogens (tertiary/aromatic N) is 1. The van der Waals surface area contributed by atoms with Crippen LogP contribution in [0, 0.1) is 5.82 Å². The molecule has 1 saturated heterocycles. The standard InChI is InChI=1S/C27H23FN2O4S2/c1-17(19-6-4-3-5-7-19)30-26(32)24(36-27(30)35)15-18-8-13-22(23(14-18)33-2)34-16-25(31)29-21-11-9-20(28)10-12-21/h3-15,17H,16H2,1-2H3,(H,29,31)/b24-15-/t17-/m0/s1. The molecule has 6 nitrogen and oxygen atoms in total. The van der Waals surface area contributed by atoms with Crippen LogP contribution in [-0.4, -0.2) is 34.8 Å². The lowest BCUT2D eigenvalue weighted by Gasteiger charge is -2.23. The molecule has 0 bridgehead atoms. The Bertz CT molecular complexity index is 1310. The van der Waals surface area contributed by atoms with Crippen LogP contribution in [0.4, 0.5) is 10.1 Å². The van der Waals surface area contributed by atoms with E-state index in [9.17, 15) is 14.0 Å². The minimum absolute atomic E-state index is 0.155. The zero-order valence-electron chi connectivity index (χ0n) is 19.6. The van der Waals surface area contributed by atoms with E-state index in [1.807, 2.05) is 37.3 Å². The number of carbonyl (C=O) groups is 2. The van der Waals surface area contributed by atoms with Gasteiger partial charge < -0.3 is 14.8 Å². The topological polar surface area (TPSA) is 67.9 Å². The number of hydrogen-bond acceptors (Lipinski definition) is 6. The van der Waals surface area contributed by atoms with Gasteiger partial charge in [0.15, 0.2) is 18.1 Å². The first kappa shape index (κ1) is 25.4. The van der Waals surface area contributed by atoms with Crippen molar-refractivity contribution < 1.29 is 23.5 Å². The van der Waals surface area contributed by atoms with Crippen molar-refractivity contribution in [3.05, 3.63) is 94.6 Å². The van der Waals surface area contributed by atoms with Gasteiger partial charge in [-0.05, 0) is 60.5 Å². The fraction of sp³-hybridized carbons (Fsp3) is 0.148. The zero-order valence-corrected chi connectivity index (χ0v) is 21.2. The number of anilines is 1. The molecule has 1 fully saturated rings. The summed E-state index contributed by atoms with van der Waals surface area (Å²) in [5, 5.41) is 2.63. The molecule has 0 saturated carbocycles. The first-order valence-corrected chi connectivity index (χ1v) is 12.3. The van der Waals surface area contributed by atoms with Crippen molar-refractivity contribution in [1.82, 2.24) is 4.90 Å². The maximum absolute atomic E-state index is 13.1. The third-order valence-electron chi connectivity index (χ3n) is 5.47. The highest BCUT2D eigenvalue weighted by Crippen LogP contribution is 2.38. The average molecular weight is 523 g/mol. The van der Waals surface area contributed by atoms with Crippen molar-refractivity contribution in [2.75, 3.05) is 19.0 Å². The maximum atomic E-state index is 13.1. The molecule has 0 radical (unpaired) electrons. The zero-order chi connectivity index (χ0) is 25.7. The highest BCUT2D eigenvalue weighted by Gasteiger charge is 2.35. The molecule has 3 aromatic carbocycles. The Morgan fingerprint density at radius 1 is 1.11 bits per heavy atom. The Morgan fingerprint density at radius 3 is 2.53 bits per heavy atom. The predicted octanol–water partition coefficient (Wildman–Crippen LogP) is 5.81. The smallest absolute Gasteiger partial charge is 0.266 e. The summed E-state index contributed by atoms with van der Waals surface area (Å²) in [5.74, 6) is -0.162. The summed E-state index contributed by atoms with van der Waals surface area (Å²) >= 11 is 6.75. The van der Waals surface area contributed by atoms with Crippen LogP contribution in [0.2, 0.25) is 0 Å². The first-order chi connectivity index (χ1) is 17.4. The highest BCUT2D eigenvalue weighted by molar-refractivity contribution is 8.26. The van der Waals surface area contributed by atoms with E-state index in [-0.39, 0.29) is 24.4 Å². The molecular weight excluding hydrogens is 499 g/mol. The summed E-state index contributed by atoms with van der Waals surface area (Å²) in [6.45, 7) is 1.69. The molecule has 1 N–H and O–H groups in total. The van der Waals surface area contributed by atoms with Crippen molar-refractivity contribution in [3.63, 3.8) is 0 Å². The van der Waals surface area contributed by atoms with Gasteiger partial charge in [-0.15, -0.1) is 0 Å². The van der Waals surface area contributed by atoms with Gasteiger partial charge in [-0.3, -0.25) is 14.5 Å². The maximum Gasteiger partial charge on any atom is 0.266 e. The molecule has 0 unspecified atom stereocenters. The lowest BCUT2D eigenvalue weighted by atomic mass is 10.1. The predicted molar refractivity (Wildman–Crippen MR) is 143 cm³/mol. The van der Waals surface area contributed by atoms with Crippen LogP contribution < -0.4 is 14.8 Å². The second-order valence-corrected chi connectivity index (χ2v) is 9.57. The van der Waals surface area contributed by atoms with Crippen LogP contribution in [0.15, 0.2) is 77.7 Å². The second kappa shape index (κ2) is 11.4. The summed E-state index contributed by atoms with van der Waals surface area (Å²) in [5.41, 5.74) is 2.19. The Morgan fingerprint density at radius 2 is 1.83 bits per heavy atom. The Balaban J connectivity index is 1.43. The van der Waals surface area contributed by atoms with Crippen LogP contribution >= 0.6 is 24.0 Å². The number of thiocarbonyl (C=S) groups is 1. The Kier molecular flexibility index (Phi) is 8.02. The summed E-state index contributed by atoms with van der Waals surface area (Å²) in [7, 11) is 1.49. The SMILES string of the molecule is COc1cc(/C=C2\SC(=S)N([C@@H](C)c3ccccc3)C2=O)ccc1OCC(=O)Nc1ccc(F)cc1. The van der Waals surface area contributed by atoms with E-state index in [0.29, 0.717) is 26.4 Å². The van der Waals surface area contributed by atoms with Crippen molar-refractivity contribution >= 4 is 51.9 Å². The van der Waals surface area contributed by atoms with E-state index in [0.717, 1.165) is 11.1 Å². The van der Waals surface area contributed by atoms with E-state index in [4.69, 9.17) is 21.7 Å². The molecule has 4 rings (SSSR count). The van der Waals surface area contributed by atoms with E-state index >= 15 is 0 Å². The van der Waals surface area contributed by atoms with Gasteiger partial charge in [-0.1, -0.05) is 60.4 Å². The van der Waals surface area contributed by atoms with Gasteiger partial charge >= 0.3 is 0 Å². The first-order valence-electron chi connectivity index (χ1n) is 11.0. The number of hydrogen-bond donors (Lipinski definition) is 1. The van der Waals surface area contributed by atoms with Gasteiger partial charge in [0, 0.05) is 5.69 Å². The minimum Gasteiger partial charge on any atom is -0.493 e. The molecule has 2 amide bonds. The van der Waals surface area contributed by atoms with Gasteiger partial charge in [0.25, 0.3) is 11.8 Å². The monoisotopic (exact) mass is 522 g/mol. The number of benzene rings is 3. The van der Waals surface area contributed by atoms with Crippen molar-refractivity contribution in [2.45, 2.75) is 13.0 Å². The Labute approximate surface area is 218 Å². The number of carbonyl (C=O) groups excluding carboxylic acids is 2. The quantitative estimate of drug-likeness (QED) is 0.297. The summed E-state index contributed by atoms with van der Waals surface area (Å²) < 4.78 is 24.6. The summed E-state index contributed by atoms with van der Waals surface area (Å²) in [6.07, 6.45) is 1.75. The van der Waals surface area contributed by atoms with Crippen molar-refractivity contribution in [2.24, 2.45) is 0 Å². The molecule has 1 atom stereocenters. The number of thioether (sulfide) groups is 1. The van der Waals surface area contributed by atoms with Gasteiger partial charge in [0.2, 0.25) is 0 Å². The van der Waals surface area contributed by atoms with E-state index in [1.165, 1.54) is 43.1 Å². The molecule has 184 valence electrons. The van der Waals surface area contributed by atoms with E-state index in [2.05, 4.69) is 5.32 Å². The number of methoxy groups -OCH3 is 1. The minimum atomic E-state index is -0.399. The average Bonchev–Trinajstić information content (AvgIpc) is 3.16. The molecule has 1 heterocycles. The fourth-order valence-corrected chi connectivity index (χ4v) is 5.03. The van der Waals surface area contributed by atoms with Crippen molar-refractivity contribution in [3.8, 4) is 11.5 Å². The van der Waals surface area contributed by atoms with Gasteiger partial charge in [0.05, 0.1) is 18.1 Å². The molecular formula is C27H23FN2O4S2. The fourth-order valence-electron chi connectivity index (χ4n) is 3.61. The number of ether oxygens (including phenoxy) is 2. The van der Waals surface area contributed by atoms with Gasteiger partial charge in [0.1, 0.15) is 10.1 Å². The highest BCUT2D eigenvalue weighted by atomic mass is 32.2. The molecule has 1 aliphatic rings. The van der Waals surface area contributed by atoms with Gasteiger partial charge in [-0.25, -0.2) is 4.39 Å². The number of amides is 2. The Hall–Kier alpha value is -3.69. The molecule has 1 aliphatic heterocycles. The van der Waals surface area contributed by atoms with Crippen LogP contribution in [0.3, 0.4) is 0 Å². The summed E-state index contributed by atoms with van der Waals surface area (Å²) in [4.78, 5) is 27.4. The van der Waals surface area contributed by atoms with Crippen molar-refractivity contribution in [1.29, 1.82) is 0 Å². The third kappa shape index (κ3) is 5.92. The number of nitrogens with one attached hydrogen (secondary N) is 1. The van der Waals surface area contributed by atoms with Crippen LogP contribution in [-0.2, 0) is 9.59 Å². The third-order valence-corrected chi connectivity index (χ3v) is 6.80. The number of rotatable bonds is 8. The molecule has 0 aliphatic carbocycles.